The van der Waals surface area contributed by atoms with Gasteiger partial charge in [0.05, 0.1) is 11.5 Å². The van der Waals surface area contributed by atoms with Crippen LogP contribution < -0.4 is 5.32 Å². The van der Waals surface area contributed by atoms with Crippen LogP contribution in [0.1, 0.15) is 29.4 Å². The summed E-state index contributed by atoms with van der Waals surface area (Å²) in [5, 5.41) is 3.76. The number of likely N-dealkylation sites (tertiary alicyclic amines) is 1. The van der Waals surface area contributed by atoms with Crippen molar-refractivity contribution in [2.24, 2.45) is 0 Å². The molecular weight excluding hydrogens is 372 g/mol. The van der Waals surface area contributed by atoms with Gasteiger partial charge in [0.25, 0.3) is 5.91 Å². The molecule has 2 aromatic rings. The molecule has 0 spiro atoms. The number of rotatable bonds is 4. The predicted molar refractivity (Wildman–Crippen MR) is 104 cm³/mol. The first-order chi connectivity index (χ1) is 12.6. The van der Waals surface area contributed by atoms with Gasteiger partial charge >= 0.3 is 6.09 Å². The Hall–Kier alpha value is -2.05. The van der Waals surface area contributed by atoms with Crippen LogP contribution in [0.4, 0.5) is 4.79 Å². The molecule has 1 aromatic heterocycles. The van der Waals surface area contributed by atoms with E-state index in [-0.39, 0.29) is 18.0 Å². The second-order valence-electron chi connectivity index (χ2n) is 6.10. The monoisotopic (exact) mass is 392 g/mol. The lowest BCUT2D eigenvalue weighted by Gasteiger charge is -2.31. The topological polar surface area (TPSA) is 58.6 Å². The van der Waals surface area contributed by atoms with Crippen molar-refractivity contribution in [2.75, 3.05) is 19.7 Å². The van der Waals surface area contributed by atoms with Gasteiger partial charge in [-0.25, -0.2) is 4.79 Å². The lowest BCUT2D eigenvalue weighted by molar-refractivity contribution is 0.0862. The number of nitrogens with one attached hydrogen (secondary N) is 1. The highest BCUT2D eigenvalue weighted by atomic mass is 35.5. The fourth-order valence-electron chi connectivity index (χ4n) is 2.91. The third-order valence-corrected chi connectivity index (χ3v) is 5.70. The number of hydrogen-bond acceptors (Lipinski definition) is 4. The van der Waals surface area contributed by atoms with E-state index in [2.05, 4.69) is 5.32 Å². The molecule has 1 fully saturated rings. The third-order valence-electron chi connectivity index (χ3n) is 4.31. The lowest BCUT2D eigenvalue weighted by Crippen LogP contribution is -2.46. The number of benzene rings is 1. The molecule has 1 N–H and O–H groups in total. The summed E-state index contributed by atoms with van der Waals surface area (Å²) in [7, 11) is 0. The molecule has 5 nitrogen and oxygen atoms in total. The molecule has 1 saturated heterocycles. The molecule has 138 valence electrons. The van der Waals surface area contributed by atoms with Crippen LogP contribution in [0, 0.1) is 0 Å². The standard InChI is InChI=1S/C19H21ClN2O3S/c1-2-25-19(24)22-11-9-15(10-12-22)21-18(23)17-8-7-16(26-17)13-3-5-14(20)6-4-13/h3-8,15H,2,9-12H2,1H3,(H,21,23). The summed E-state index contributed by atoms with van der Waals surface area (Å²) in [5.74, 6) is -0.0650. The number of halogens is 1. The molecule has 0 radical (unpaired) electrons. The number of nitrogens with zero attached hydrogens (tertiary/aromatic N) is 1. The molecule has 2 amide bonds. The first-order valence-electron chi connectivity index (χ1n) is 8.65. The summed E-state index contributed by atoms with van der Waals surface area (Å²) >= 11 is 7.38. The van der Waals surface area contributed by atoms with Crippen LogP contribution in [0.3, 0.4) is 0 Å². The average Bonchev–Trinajstić information content (AvgIpc) is 3.13. The van der Waals surface area contributed by atoms with Gasteiger partial charge < -0.3 is 15.0 Å². The Labute approximate surface area is 161 Å². The van der Waals surface area contributed by atoms with Crippen molar-refractivity contribution in [3.05, 3.63) is 46.3 Å². The summed E-state index contributed by atoms with van der Waals surface area (Å²) in [5.41, 5.74) is 1.04. The van der Waals surface area contributed by atoms with E-state index in [4.69, 9.17) is 16.3 Å². The molecule has 0 unspecified atom stereocenters. The molecule has 26 heavy (non-hydrogen) atoms. The number of hydrogen-bond donors (Lipinski definition) is 1. The Morgan fingerprint density at radius 2 is 1.88 bits per heavy atom. The van der Waals surface area contributed by atoms with Gasteiger partial charge in [0.1, 0.15) is 0 Å². The second-order valence-corrected chi connectivity index (χ2v) is 7.62. The van der Waals surface area contributed by atoms with Gasteiger partial charge in [-0.15, -0.1) is 11.3 Å². The molecule has 3 rings (SSSR count). The maximum Gasteiger partial charge on any atom is 0.409 e. The quantitative estimate of drug-likeness (QED) is 0.837. The Bertz CT molecular complexity index is 767. The first kappa shape index (κ1) is 18.7. The number of carbonyl (C=O) groups excluding carboxylic acids is 2. The Morgan fingerprint density at radius 3 is 2.54 bits per heavy atom. The Balaban J connectivity index is 1.55. The van der Waals surface area contributed by atoms with E-state index < -0.39 is 0 Å². The van der Waals surface area contributed by atoms with E-state index in [1.165, 1.54) is 11.3 Å². The van der Waals surface area contributed by atoms with Crippen LogP contribution in [0.2, 0.25) is 5.02 Å². The largest absolute Gasteiger partial charge is 0.450 e. The normalized spacial score (nSPS) is 14.9. The Morgan fingerprint density at radius 1 is 1.19 bits per heavy atom. The van der Waals surface area contributed by atoms with Gasteiger partial charge in [-0.05, 0) is 49.6 Å². The number of amides is 2. The fraction of sp³-hybridized carbons (Fsp3) is 0.368. The van der Waals surface area contributed by atoms with Gasteiger partial charge in [0.2, 0.25) is 0 Å². The summed E-state index contributed by atoms with van der Waals surface area (Å²) in [6.45, 7) is 3.38. The highest BCUT2D eigenvalue weighted by Crippen LogP contribution is 2.29. The molecule has 0 atom stereocenters. The van der Waals surface area contributed by atoms with E-state index in [0.29, 0.717) is 29.6 Å². The lowest BCUT2D eigenvalue weighted by atomic mass is 10.1. The predicted octanol–water partition coefficient (Wildman–Crippen LogP) is 4.42. The van der Waals surface area contributed by atoms with Crippen LogP contribution >= 0.6 is 22.9 Å². The molecule has 0 aliphatic carbocycles. The van der Waals surface area contributed by atoms with E-state index >= 15 is 0 Å². The van der Waals surface area contributed by atoms with Crippen molar-refractivity contribution >= 4 is 34.9 Å². The van der Waals surface area contributed by atoms with Crippen molar-refractivity contribution in [1.82, 2.24) is 10.2 Å². The van der Waals surface area contributed by atoms with Crippen molar-refractivity contribution in [1.29, 1.82) is 0 Å². The molecular formula is C19H21ClN2O3S. The van der Waals surface area contributed by atoms with Crippen LogP contribution in [0.25, 0.3) is 10.4 Å². The average molecular weight is 393 g/mol. The minimum atomic E-state index is -0.275. The van der Waals surface area contributed by atoms with Crippen molar-refractivity contribution in [3.8, 4) is 10.4 Å². The van der Waals surface area contributed by atoms with E-state index in [0.717, 1.165) is 23.3 Å². The number of thiophene rings is 1. The summed E-state index contributed by atoms with van der Waals surface area (Å²) < 4.78 is 5.01. The van der Waals surface area contributed by atoms with Crippen LogP contribution in [0.5, 0.6) is 0 Å². The summed E-state index contributed by atoms with van der Waals surface area (Å²) in [6, 6.07) is 11.4. The number of piperidine rings is 1. The molecule has 0 bridgehead atoms. The van der Waals surface area contributed by atoms with E-state index in [1.807, 2.05) is 36.4 Å². The smallest absolute Gasteiger partial charge is 0.409 e. The zero-order valence-electron chi connectivity index (χ0n) is 14.5. The molecule has 7 heteroatoms. The van der Waals surface area contributed by atoms with Gasteiger partial charge in [-0.1, -0.05) is 23.7 Å². The van der Waals surface area contributed by atoms with Gasteiger partial charge in [-0.3, -0.25) is 4.79 Å². The van der Waals surface area contributed by atoms with E-state index in [9.17, 15) is 9.59 Å². The second kappa shape index (κ2) is 8.56. The number of carbonyl (C=O) groups is 2. The minimum absolute atomic E-state index is 0.0650. The zero-order chi connectivity index (χ0) is 18.5. The van der Waals surface area contributed by atoms with Crippen LogP contribution in [0.15, 0.2) is 36.4 Å². The molecule has 1 aliphatic heterocycles. The van der Waals surface area contributed by atoms with Crippen LogP contribution in [-0.4, -0.2) is 42.6 Å². The maximum absolute atomic E-state index is 12.5. The summed E-state index contributed by atoms with van der Waals surface area (Å²) in [4.78, 5) is 27.6. The van der Waals surface area contributed by atoms with Crippen LogP contribution in [-0.2, 0) is 4.74 Å². The number of ether oxygens (including phenoxy) is 1. The van der Waals surface area contributed by atoms with Gasteiger partial charge in [0, 0.05) is 29.0 Å². The van der Waals surface area contributed by atoms with Crippen molar-refractivity contribution in [3.63, 3.8) is 0 Å². The highest BCUT2D eigenvalue weighted by molar-refractivity contribution is 7.17. The zero-order valence-corrected chi connectivity index (χ0v) is 16.1. The Kier molecular flexibility index (Phi) is 6.16. The molecule has 2 heterocycles. The van der Waals surface area contributed by atoms with Gasteiger partial charge in [-0.2, -0.15) is 0 Å². The van der Waals surface area contributed by atoms with E-state index in [1.54, 1.807) is 11.8 Å². The third kappa shape index (κ3) is 4.56. The first-order valence-corrected chi connectivity index (χ1v) is 9.84. The minimum Gasteiger partial charge on any atom is -0.450 e. The molecule has 1 aliphatic rings. The van der Waals surface area contributed by atoms with Crippen molar-refractivity contribution < 1.29 is 14.3 Å². The van der Waals surface area contributed by atoms with Crippen molar-refractivity contribution in [2.45, 2.75) is 25.8 Å². The van der Waals surface area contributed by atoms with Gasteiger partial charge in [0.15, 0.2) is 0 Å². The molecule has 1 aromatic carbocycles. The SMILES string of the molecule is CCOC(=O)N1CCC(NC(=O)c2ccc(-c3ccc(Cl)cc3)s2)CC1. The summed E-state index contributed by atoms with van der Waals surface area (Å²) in [6.07, 6.45) is 1.20. The highest BCUT2D eigenvalue weighted by Gasteiger charge is 2.25. The fourth-order valence-corrected chi connectivity index (χ4v) is 3.95. The maximum atomic E-state index is 12.5. The molecule has 0 saturated carbocycles.